The van der Waals surface area contributed by atoms with Crippen LogP contribution in [0.4, 0.5) is 0 Å². The first-order valence-electron chi connectivity index (χ1n) is 5.38. The number of rotatable bonds is 4. The molecule has 0 bridgehead atoms. The van der Waals surface area contributed by atoms with Crippen molar-refractivity contribution in [3.63, 3.8) is 0 Å². The van der Waals surface area contributed by atoms with Crippen molar-refractivity contribution in [3.05, 3.63) is 34.4 Å². The van der Waals surface area contributed by atoms with Crippen LogP contribution in [0.5, 0.6) is 0 Å². The van der Waals surface area contributed by atoms with Crippen LogP contribution in [0.3, 0.4) is 0 Å². The lowest BCUT2D eigenvalue weighted by Gasteiger charge is -2.10. The summed E-state index contributed by atoms with van der Waals surface area (Å²) < 4.78 is 0. The Morgan fingerprint density at radius 1 is 0.556 bits per heavy atom. The van der Waals surface area contributed by atoms with E-state index >= 15 is 0 Å². The van der Waals surface area contributed by atoms with Gasteiger partial charge in [-0.05, 0) is 22.3 Å². The number of nitriles is 4. The Morgan fingerprint density at radius 2 is 0.778 bits per heavy atom. The molecule has 4 nitrogen and oxygen atoms in total. The maximum atomic E-state index is 8.76. The summed E-state index contributed by atoms with van der Waals surface area (Å²) >= 11 is 0. The molecule has 0 aromatic heterocycles. The highest BCUT2D eigenvalue weighted by Crippen LogP contribution is 2.19. The number of benzene rings is 1. The van der Waals surface area contributed by atoms with Gasteiger partial charge in [-0.15, -0.1) is 0 Å². The highest BCUT2D eigenvalue weighted by molar-refractivity contribution is 5.43. The molecular weight excluding hydrogens is 224 g/mol. The molecule has 0 unspecified atom stereocenters. The normalized spacial score (nSPS) is 8.67. The molecule has 0 N–H and O–H groups in total. The molecular formula is C14H10N4. The molecule has 18 heavy (non-hydrogen) atoms. The van der Waals surface area contributed by atoms with Crippen LogP contribution in [0.1, 0.15) is 22.3 Å². The van der Waals surface area contributed by atoms with Gasteiger partial charge in [0.25, 0.3) is 0 Å². The third kappa shape index (κ3) is 3.08. The molecule has 0 spiro atoms. The van der Waals surface area contributed by atoms with Gasteiger partial charge >= 0.3 is 0 Å². The second-order valence-corrected chi connectivity index (χ2v) is 3.73. The van der Waals surface area contributed by atoms with Gasteiger partial charge in [0.2, 0.25) is 0 Å². The van der Waals surface area contributed by atoms with E-state index in [1.807, 2.05) is 24.3 Å². The van der Waals surface area contributed by atoms with Crippen molar-refractivity contribution < 1.29 is 0 Å². The Morgan fingerprint density at radius 3 is 0.944 bits per heavy atom. The van der Waals surface area contributed by atoms with Crippen LogP contribution in [-0.2, 0) is 25.7 Å². The van der Waals surface area contributed by atoms with E-state index in [4.69, 9.17) is 21.0 Å². The molecule has 0 atom stereocenters. The molecule has 1 aromatic carbocycles. The van der Waals surface area contributed by atoms with Gasteiger partial charge in [-0.25, -0.2) is 0 Å². The first-order valence-corrected chi connectivity index (χ1v) is 5.38. The molecule has 0 heterocycles. The Kier molecular flexibility index (Phi) is 4.93. The molecule has 0 aliphatic heterocycles. The van der Waals surface area contributed by atoms with Gasteiger partial charge in [-0.2, -0.15) is 21.0 Å². The average Bonchev–Trinajstić information content (AvgIpc) is 2.35. The minimum Gasteiger partial charge on any atom is -0.198 e. The average molecular weight is 234 g/mol. The lowest BCUT2D eigenvalue weighted by Crippen LogP contribution is -2.00. The number of hydrogen-bond donors (Lipinski definition) is 0. The molecule has 0 aliphatic carbocycles. The number of nitrogens with zero attached hydrogens (tertiary/aromatic N) is 4. The zero-order chi connectivity index (χ0) is 13.4. The maximum Gasteiger partial charge on any atom is 0.0669 e. The lowest BCUT2D eigenvalue weighted by molar-refractivity contribution is 1.08. The SMILES string of the molecule is N#CCc1cc(CC#N)c(CC#N)cc1CC#N. The summed E-state index contributed by atoms with van der Waals surface area (Å²) in [5.41, 5.74) is 3.08. The van der Waals surface area contributed by atoms with Crippen molar-refractivity contribution >= 4 is 0 Å². The lowest BCUT2D eigenvalue weighted by atomic mass is 9.93. The summed E-state index contributed by atoms with van der Waals surface area (Å²) in [4.78, 5) is 0. The van der Waals surface area contributed by atoms with Crippen molar-refractivity contribution in [3.8, 4) is 24.3 Å². The summed E-state index contributed by atoms with van der Waals surface area (Å²) in [6.45, 7) is 0. The molecule has 1 aromatic rings. The molecule has 0 saturated heterocycles. The molecule has 0 radical (unpaired) electrons. The standard InChI is InChI=1S/C14H10N4/c15-5-1-11-9-13(3-7-17)14(4-8-18)10-12(11)2-6-16/h9-10H,1-4H2. The van der Waals surface area contributed by atoms with E-state index in [1.165, 1.54) is 0 Å². The summed E-state index contributed by atoms with van der Waals surface area (Å²) in [5.74, 6) is 0. The molecule has 0 aliphatic rings. The number of hydrogen-bond acceptors (Lipinski definition) is 4. The highest BCUT2D eigenvalue weighted by Gasteiger charge is 2.09. The van der Waals surface area contributed by atoms with Crippen molar-refractivity contribution in [1.29, 1.82) is 21.0 Å². The van der Waals surface area contributed by atoms with Crippen LogP contribution >= 0.6 is 0 Å². The van der Waals surface area contributed by atoms with E-state index in [-0.39, 0.29) is 25.7 Å². The van der Waals surface area contributed by atoms with Crippen LogP contribution in [0.15, 0.2) is 12.1 Å². The van der Waals surface area contributed by atoms with E-state index < -0.39 is 0 Å². The fourth-order valence-corrected chi connectivity index (χ4v) is 1.79. The highest BCUT2D eigenvalue weighted by atomic mass is 14.3. The van der Waals surface area contributed by atoms with Crippen molar-refractivity contribution in [2.75, 3.05) is 0 Å². The topological polar surface area (TPSA) is 95.2 Å². The monoisotopic (exact) mass is 234 g/mol. The third-order valence-electron chi connectivity index (χ3n) is 2.60. The van der Waals surface area contributed by atoms with Gasteiger partial charge in [-0.3, -0.25) is 0 Å². The van der Waals surface area contributed by atoms with Crippen LogP contribution in [-0.4, -0.2) is 0 Å². The van der Waals surface area contributed by atoms with E-state index in [0.29, 0.717) is 0 Å². The fraction of sp³-hybridized carbons (Fsp3) is 0.286. The van der Waals surface area contributed by atoms with Gasteiger partial charge in [0.1, 0.15) is 0 Å². The van der Waals surface area contributed by atoms with Crippen molar-refractivity contribution in [1.82, 2.24) is 0 Å². The zero-order valence-corrected chi connectivity index (χ0v) is 9.77. The van der Waals surface area contributed by atoms with Crippen molar-refractivity contribution in [2.45, 2.75) is 25.7 Å². The summed E-state index contributed by atoms with van der Waals surface area (Å²) in [7, 11) is 0. The second kappa shape index (κ2) is 6.70. The Hall–Kier alpha value is -2.82. The Labute approximate surface area is 106 Å². The van der Waals surface area contributed by atoms with Gasteiger partial charge in [0, 0.05) is 0 Å². The Bertz CT molecular complexity index is 497. The van der Waals surface area contributed by atoms with Gasteiger partial charge in [0.15, 0.2) is 0 Å². The van der Waals surface area contributed by atoms with E-state index in [9.17, 15) is 0 Å². The maximum absolute atomic E-state index is 8.76. The predicted octanol–water partition coefficient (Wildman–Crippen LogP) is 1.95. The van der Waals surface area contributed by atoms with Crippen molar-refractivity contribution in [2.24, 2.45) is 0 Å². The predicted molar refractivity (Wildman–Crippen MR) is 63.7 cm³/mol. The fourth-order valence-electron chi connectivity index (χ4n) is 1.79. The van der Waals surface area contributed by atoms with Crippen LogP contribution in [0, 0.1) is 45.3 Å². The minimum absolute atomic E-state index is 0.211. The summed E-state index contributed by atoms with van der Waals surface area (Å²) in [6, 6.07) is 11.7. The first-order chi connectivity index (χ1) is 8.76. The van der Waals surface area contributed by atoms with Gasteiger partial charge < -0.3 is 0 Å². The largest absolute Gasteiger partial charge is 0.198 e. The zero-order valence-electron chi connectivity index (χ0n) is 9.77. The van der Waals surface area contributed by atoms with Crippen LogP contribution in [0.2, 0.25) is 0 Å². The third-order valence-corrected chi connectivity index (χ3v) is 2.60. The van der Waals surface area contributed by atoms with Crippen LogP contribution in [0.25, 0.3) is 0 Å². The first kappa shape index (κ1) is 13.2. The minimum atomic E-state index is 0.211. The summed E-state index contributed by atoms with van der Waals surface area (Å²) in [5, 5.41) is 35.0. The van der Waals surface area contributed by atoms with E-state index in [2.05, 4.69) is 0 Å². The molecule has 0 fully saturated rings. The molecule has 86 valence electrons. The summed E-state index contributed by atoms with van der Waals surface area (Å²) in [6.07, 6.45) is 0.842. The molecule has 4 heteroatoms. The second-order valence-electron chi connectivity index (χ2n) is 3.73. The van der Waals surface area contributed by atoms with E-state index in [0.717, 1.165) is 22.3 Å². The smallest absolute Gasteiger partial charge is 0.0669 e. The van der Waals surface area contributed by atoms with E-state index in [1.54, 1.807) is 12.1 Å². The molecule has 0 saturated carbocycles. The van der Waals surface area contributed by atoms with Gasteiger partial charge in [0.05, 0.1) is 50.0 Å². The quantitative estimate of drug-likeness (QED) is 0.795. The van der Waals surface area contributed by atoms with Crippen LogP contribution < -0.4 is 0 Å². The molecule has 1 rings (SSSR count). The molecule has 0 amide bonds. The Balaban J connectivity index is 3.33. The van der Waals surface area contributed by atoms with Gasteiger partial charge in [-0.1, -0.05) is 12.1 Å².